The van der Waals surface area contributed by atoms with Crippen LogP contribution < -0.4 is 11.3 Å². The van der Waals surface area contributed by atoms with Crippen LogP contribution in [-0.4, -0.2) is 31.5 Å². The number of hydrazine groups is 1. The monoisotopic (exact) mass is 256 g/mol. The first kappa shape index (κ1) is 14.3. The van der Waals surface area contributed by atoms with Crippen LogP contribution in [0.1, 0.15) is 57.8 Å². The van der Waals surface area contributed by atoms with Crippen LogP contribution in [0.25, 0.3) is 0 Å². The average Bonchev–Trinajstić information content (AvgIpc) is 2.84. The van der Waals surface area contributed by atoms with Crippen molar-refractivity contribution in [3.8, 4) is 0 Å². The molecule has 1 saturated heterocycles. The van der Waals surface area contributed by atoms with E-state index in [2.05, 4.69) is 5.43 Å². The molecule has 0 bridgehead atoms. The van der Waals surface area contributed by atoms with Crippen molar-refractivity contribution in [2.45, 2.75) is 75.5 Å². The molecular formula is C14H28N2O2. The smallest absolute Gasteiger partial charge is 0.0694 e. The summed E-state index contributed by atoms with van der Waals surface area (Å²) in [6.45, 7) is 0.954. The predicted octanol–water partition coefficient (Wildman–Crippen LogP) is 2.13. The topological polar surface area (TPSA) is 56.5 Å². The summed E-state index contributed by atoms with van der Waals surface area (Å²) in [5.41, 5.74) is 3.08. The molecule has 0 amide bonds. The van der Waals surface area contributed by atoms with Gasteiger partial charge in [0.1, 0.15) is 0 Å². The molecule has 2 atom stereocenters. The van der Waals surface area contributed by atoms with Gasteiger partial charge in [0.05, 0.1) is 11.7 Å². The highest BCUT2D eigenvalue weighted by atomic mass is 16.5. The third kappa shape index (κ3) is 3.67. The van der Waals surface area contributed by atoms with Crippen molar-refractivity contribution < 1.29 is 9.47 Å². The Bertz CT molecular complexity index is 232. The van der Waals surface area contributed by atoms with Gasteiger partial charge in [0.2, 0.25) is 0 Å². The van der Waals surface area contributed by atoms with E-state index in [0.717, 1.165) is 19.4 Å². The molecule has 106 valence electrons. The van der Waals surface area contributed by atoms with Crippen molar-refractivity contribution in [1.82, 2.24) is 5.43 Å². The Morgan fingerprint density at radius 3 is 2.78 bits per heavy atom. The number of nitrogens with two attached hydrogens (primary N) is 1. The standard InChI is InChI=1S/C14H28N2O2/c1-17-14(8-4-9-14)11-12(16-15)5-2-6-13-7-3-10-18-13/h12-13,16H,2-11,15H2,1H3. The predicted molar refractivity (Wildman–Crippen MR) is 72.1 cm³/mol. The van der Waals surface area contributed by atoms with E-state index in [-0.39, 0.29) is 5.60 Å². The first-order valence-corrected chi connectivity index (χ1v) is 7.41. The molecule has 4 heteroatoms. The fraction of sp³-hybridized carbons (Fsp3) is 1.00. The van der Waals surface area contributed by atoms with Gasteiger partial charge in [0.25, 0.3) is 0 Å². The number of nitrogens with one attached hydrogen (secondary N) is 1. The number of hydrogen-bond acceptors (Lipinski definition) is 4. The third-order valence-corrected chi connectivity index (χ3v) is 4.65. The van der Waals surface area contributed by atoms with Gasteiger partial charge in [0, 0.05) is 19.8 Å². The second-order valence-electron chi connectivity index (χ2n) is 5.87. The fourth-order valence-electron chi connectivity index (χ4n) is 3.22. The molecule has 3 N–H and O–H groups in total. The maximum absolute atomic E-state index is 5.67. The molecule has 2 fully saturated rings. The summed E-state index contributed by atoms with van der Waals surface area (Å²) in [6, 6.07) is 0.381. The maximum atomic E-state index is 5.67. The van der Waals surface area contributed by atoms with Gasteiger partial charge in [-0.1, -0.05) is 0 Å². The van der Waals surface area contributed by atoms with Crippen molar-refractivity contribution in [2.75, 3.05) is 13.7 Å². The molecule has 0 spiro atoms. The minimum atomic E-state index is 0.112. The van der Waals surface area contributed by atoms with Gasteiger partial charge in [-0.25, -0.2) is 0 Å². The molecule has 0 aromatic heterocycles. The number of methoxy groups -OCH3 is 1. The van der Waals surface area contributed by atoms with Crippen LogP contribution in [0.5, 0.6) is 0 Å². The molecule has 18 heavy (non-hydrogen) atoms. The highest BCUT2D eigenvalue weighted by molar-refractivity contribution is 4.92. The van der Waals surface area contributed by atoms with Gasteiger partial charge in [-0.15, -0.1) is 0 Å². The lowest BCUT2D eigenvalue weighted by Gasteiger charge is -2.42. The van der Waals surface area contributed by atoms with Crippen molar-refractivity contribution in [3.63, 3.8) is 0 Å². The van der Waals surface area contributed by atoms with Crippen LogP contribution >= 0.6 is 0 Å². The van der Waals surface area contributed by atoms with Crippen molar-refractivity contribution in [3.05, 3.63) is 0 Å². The number of ether oxygens (including phenoxy) is 2. The van der Waals surface area contributed by atoms with Gasteiger partial charge in [-0.05, 0) is 57.8 Å². The molecule has 1 heterocycles. The lowest BCUT2D eigenvalue weighted by atomic mass is 9.75. The van der Waals surface area contributed by atoms with Crippen molar-refractivity contribution in [2.24, 2.45) is 5.84 Å². The second kappa shape index (κ2) is 6.85. The third-order valence-electron chi connectivity index (χ3n) is 4.65. The molecule has 1 aliphatic carbocycles. The molecule has 2 aliphatic rings. The van der Waals surface area contributed by atoms with Crippen LogP contribution in [-0.2, 0) is 9.47 Å². The van der Waals surface area contributed by atoms with E-state index in [4.69, 9.17) is 15.3 Å². The fourth-order valence-corrected chi connectivity index (χ4v) is 3.22. The largest absolute Gasteiger partial charge is 0.378 e. The van der Waals surface area contributed by atoms with E-state index in [0.29, 0.717) is 12.1 Å². The normalized spacial score (nSPS) is 28.0. The zero-order chi connectivity index (χ0) is 12.8. The number of rotatable bonds is 8. The summed E-state index contributed by atoms with van der Waals surface area (Å²) in [7, 11) is 1.83. The first-order valence-electron chi connectivity index (χ1n) is 7.41. The van der Waals surface area contributed by atoms with Crippen molar-refractivity contribution >= 4 is 0 Å². The van der Waals surface area contributed by atoms with Gasteiger partial charge < -0.3 is 9.47 Å². The van der Waals surface area contributed by atoms with Gasteiger partial charge in [0.15, 0.2) is 0 Å². The summed E-state index contributed by atoms with van der Waals surface area (Å²) < 4.78 is 11.3. The Morgan fingerprint density at radius 1 is 1.44 bits per heavy atom. The summed E-state index contributed by atoms with van der Waals surface area (Å²) in [4.78, 5) is 0. The van der Waals surface area contributed by atoms with E-state index in [1.165, 1.54) is 44.9 Å². The molecule has 1 saturated carbocycles. The lowest BCUT2D eigenvalue weighted by molar-refractivity contribution is -0.0841. The zero-order valence-electron chi connectivity index (χ0n) is 11.6. The van der Waals surface area contributed by atoms with E-state index >= 15 is 0 Å². The van der Waals surface area contributed by atoms with Crippen LogP contribution in [0.15, 0.2) is 0 Å². The van der Waals surface area contributed by atoms with E-state index < -0.39 is 0 Å². The average molecular weight is 256 g/mol. The van der Waals surface area contributed by atoms with E-state index in [9.17, 15) is 0 Å². The van der Waals surface area contributed by atoms with Gasteiger partial charge in [-0.3, -0.25) is 11.3 Å². The van der Waals surface area contributed by atoms with E-state index in [1.54, 1.807) is 0 Å². The zero-order valence-corrected chi connectivity index (χ0v) is 11.6. The molecule has 0 radical (unpaired) electrons. The van der Waals surface area contributed by atoms with Crippen LogP contribution in [0, 0.1) is 0 Å². The molecular weight excluding hydrogens is 228 g/mol. The Labute approximate surface area is 111 Å². The van der Waals surface area contributed by atoms with Crippen LogP contribution in [0.2, 0.25) is 0 Å². The van der Waals surface area contributed by atoms with Gasteiger partial charge in [-0.2, -0.15) is 0 Å². The Kier molecular flexibility index (Phi) is 5.42. The second-order valence-corrected chi connectivity index (χ2v) is 5.87. The van der Waals surface area contributed by atoms with Crippen LogP contribution in [0.4, 0.5) is 0 Å². The maximum Gasteiger partial charge on any atom is 0.0694 e. The summed E-state index contributed by atoms with van der Waals surface area (Å²) in [5.74, 6) is 5.67. The summed E-state index contributed by atoms with van der Waals surface area (Å²) >= 11 is 0. The molecule has 4 nitrogen and oxygen atoms in total. The SMILES string of the molecule is COC1(CC(CCCC2CCCO2)NN)CCC1. The Balaban J connectivity index is 1.65. The molecule has 2 rings (SSSR count). The molecule has 2 unspecified atom stereocenters. The minimum absolute atomic E-state index is 0.112. The molecule has 1 aliphatic heterocycles. The molecule has 0 aromatic carbocycles. The summed E-state index contributed by atoms with van der Waals surface area (Å²) in [6.07, 6.45) is 11.2. The number of hydrogen-bond donors (Lipinski definition) is 2. The van der Waals surface area contributed by atoms with Crippen LogP contribution in [0.3, 0.4) is 0 Å². The Hall–Kier alpha value is -0.160. The highest BCUT2D eigenvalue weighted by Gasteiger charge is 2.38. The first-order chi connectivity index (χ1) is 8.78. The summed E-state index contributed by atoms with van der Waals surface area (Å²) in [5, 5.41) is 0. The highest BCUT2D eigenvalue weighted by Crippen LogP contribution is 2.39. The quantitative estimate of drug-likeness (QED) is 0.516. The lowest BCUT2D eigenvalue weighted by Crippen LogP contribution is -2.47. The molecule has 0 aromatic rings. The Morgan fingerprint density at radius 2 is 2.28 bits per heavy atom. The van der Waals surface area contributed by atoms with Gasteiger partial charge >= 0.3 is 0 Å². The minimum Gasteiger partial charge on any atom is -0.378 e. The van der Waals surface area contributed by atoms with Crippen molar-refractivity contribution in [1.29, 1.82) is 0 Å². The van der Waals surface area contributed by atoms with E-state index in [1.807, 2.05) is 7.11 Å².